The highest BCUT2D eigenvalue weighted by Gasteiger charge is 2.38. The van der Waals surface area contributed by atoms with Gasteiger partial charge >= 0.3 is 0 Å². The van der Waals surface area contributed by atoms with E-state index in [0.29, 0.717) is 13.2 Å². The van der Waals surface area contributed by atoms with Crippen LogP contribution in [0, 0.1) is 0 Å². The number of fused-ring (bicyclic) bond motifs is 3. The Kier molecular flexibility index (Phi) is 7.49. The summed E-state index contributed by atoms with van der Waals surface area (Å²) in [6, 6.07) is 39.7. The van der Waals surface area contributed by atoms with Gasteiger partial charge in [0.2, 0.25) is 0 Å². The maximum Gasteiger partial charge on any atom is 0.144 e. The SMILES string of the molecule is CCc1ccc2c(c1)COc1cc(COC(c3ccccc3)(c3ccc(OC)cc3)c3ccc(OC)cc3)ccc1-2. The molecule has 6 rings (SSSR count). The van der Waals surface area contributed by atoms with Gasteiger partial charge in [0.05, 0.1) is 20.8 Å². The molecule has 0 atom stereocenters. The number of methoxy groups -OCH3 is 2. The van der Waals surface area contributed by atoms with E-state index in [4.69, 9.17) is 18.9 Å². The van der Waals surface area contributed by atoms with E-state index in [1.54, 1.807) is 14.2 Å². The first-order valence-corrected chi connectivity index (χ1v) is 14.0. The van der Waals surface area contributed by atoms with E-state index in [-0.39, 0.29) is 0 Å². The first-order chi connectivity index (χ1) is 20.1. The Balaban J connectivity index is 1.41. The van der Waals surface area contributed by atoms with Gasteiger partial charge in [0.25, 0.3) is 0 Å². The van der Waals surface area contributed by atoms with Gasteiger partial charge < -0.3 is 18.9 Å². The summed E-state index contributed by atoms with van der Waals surface area (Å²) < 4.78 is 24.3. The van der Waals surface area contributed by atoms with Crippen molar-refractivity contribution in [3.8, 4) is 28.4 Å². The molecule has 0 saturated carbocycles. The Morgan fingerprint density at radius 1 is 0.634 bits per heavy atom. The van der Waals surface area contributed by atoms with Gasteiger partial charge in [-0.3, -0.25) is 0 Å². The van der Waals surface area contributed by atoms with Crippen LogP contribution in [0.15, 0.2) is 115 Å². The molecule has 1 heterocycles. The predicted octanol–water partition coefficient (Wildman–Crippen LogP) is 8.33. The van der Waals surface area contributed by atoms with Gasteiger partial charge in [-0.25, -0.2) is 0 Å². The summed E-state index contributed by atoms with van der Waals surface area (Å²) in [6.07, 6.45) is 1.02. The van der Waals surface area contributed by atoms with Crippen molar-refractivity contribution in [2.75, 3.05) is 14.2 Å². The van der Waals surface area contributed by atoms with E-state index >= 15 is 0 Å². The molecule has 0 unspecified atom stereocenters. The average molecular weight is 543 g/mol. The van der Waals surface area contributed by atoms with E-state index in [9.17, 15) is 0 Å². The molecule has 0 aliphatic carbocycles. The number of aryl methyl sites for hydroxylation is 1. The summed E-state index contributed by atoms with van der Waals surface area (Å²) in [6.45, 7) is 3.14. The monoisotopic (exact) mass is 542 g/mol. The van der Waals surface area contributed by atoms with Crippen LogP contribution in [0.5, 0.6) is 17.2 Å². The van der Waals surface area contributed by atoms with Crippen LogP contribution in [0.4, 0.5) is 0 Å². The van der Waals surface area contributed by atoms with Gasteiger partial charge in [0.1, 0.15) is 29.5 Å². The molecule has 206 valence electrons. The topological polar surface area (TPSA) is 36.9 Å². The molecule has 1 aliphatic heterocycles. The summed E-state index contributed by atoms with van der Waals surface area (Å²) in [5.74, 6) is 2.48. The van der Waals surface area contributed by atoms with Crippen LogP contribution in [0.3, 0.4) is 0 Å². The lowest BCUT2D eigenvalue weighted by Crippen LogP contribution is -2.32. The zero-order chi connectivity index (χ0) is 28.2. The zero-order valence-electron chi connectivity index (χ0n) is 23.7. The normalized spacial score (nSPS) is 12.2. The molecule has 5 aromatic carbocycles. The molecule has 0 spiro atoms. The third-order valence-corrected chi connectivity index (χ3v) is 7.93. The van der Waals surface area contributed by atoms with Crippen molar-refractivity contribution >= 4 is 0 Å². The molecule has 0 saturated heterocycles. The molecule has 0 bridgehead atoms. The molecule has 0 N–H and O–H groups in total. The molecule has 0 fully saturated rings. The Bertz CT molecular complexity index is 1580. The first-order valence-electron chi connectivity index (χ1n) is 14.0. The van der Waals surface area contributed by atoms with Crippen LogP contribution in [0.1, 0.15) is 40.3 Å². The van der Waals surface area contributed by atoms with Crippen molar-refractivity contribution in [3.05, 3.63) is 149 Å². The summed E-state index contributed by atoms with van der Waals surface area (Å²) in [5.41, 5.74) is 8.14. The minimum atomic E-state index is -0.875. The number of rotatable bonds is 9. The smallest absolute Gasteiger partial charge is 0.144 e. The van der Waals surface area contributed by atoms with E-state index in [0.717, 1.165) is 51.5 Å². The maximum atomic E-state index is 7.07. The lowest BCUT2D eigenvalue weighted by atomic mass is 9.80. The number of hydrogen-bond acceptors (Lipinski definition) is 4. The first kappa shape index (κ1) is 26.7. The van der Waals surface area contributed by atoms with Crippen LogP contribution in [-0.4, -0.2) is 14.2 Å². The molecule has 1 aliphatic rings. The Hall–Kier alpha value is -4.54. The van der Waals surface area contributed by atoms with Crippen LogP contribution >= 0.6 is 0 Å². The lowest BCUT2D eigenvalue weighted by Gasteiger charge is -2.36. The molecule has 4 nitrogen and oxygen atoms in total. The van der Waals surface area contributed by atoms with E-state index < -0.39 is 5.60 Å². The fourth-order valence-corrected chi connectivity index (χ4v) is 5.67. The summed E-state index contributed by atoms with van der Waals surface area (Å²) in [4.78, 5) is 0. The third-order valence-electron chi connectivity index (χ3n) is 7.93. The van der Waals surface area contributed by atoms with Crippen LogP contribution in [0.2, 0.25) is 0 Å². The molecule has 0 amide bonds. The highest BCUT2D eigenvalue weighted by molar-refractivity contribution is 5.75. The largest absolute Gasteiger partial charge is 0.497 e. The Morgan fingerprint density at radius 2 is 1.22 bits per heavy atom. The van der Waals surface area contributed by atoms with E-state index in [1.165, 1.54) is 16.7 Å². The van der Waals surface area contributed by atoms with Gasteiger partial charge in [-0.05, 0) is 75.7 Å². The number of ether oxygens (including phenoxy) is 4. The molecule has 41 heavy (non-hydrogen) atoms. The highest BCUT2D eigenvalue weighted by atomic mass is 16.5. The van der Waals surface area contributed by atoms with Gasteiger partial charge in [-0.2, -0.15) is 0 Å². The second-order valence-electron chi connectivity index (χ2n) is 10.3. The zero-order valence-corrected chi connectivity index (χ0v) is 23.7. The molecular formula is C37H34O4. The molecule has 0 aromatic heterocycles. The van der Waals surface area contributed by atoms with Gasteiger partial charge in [-0.15, -0.1) is 0 Å². The number of hydrogen-bond donors (Lipinski definition) is 0. The summed E-state index contributed by atoms with van der Waals surface area (Å²) in [7, 11) is 3.36. The van der Waals surface area contributed by atoms with Crippen LogP contribution in [0.25, 0.3) is 11.1 Å². The molecule has 0 radical (unpaired) electrons. The highest BCUT2D eigenvalue weighted by Crippen LogP contribution is 2.43. The van der Waals surface area contributed by atoms with Crippen LogP contribution in [-0.2, 0) is 30.0 Å². The van der Waals surface area contributed by atoms with Gasteiger partial charge in [0, 0.05) is 5.56 Å². The lowest BCUT2D eigenvalue weighted by molar-refractivity contribution is 0.000108. The van der Waals surface area contributed by atoms with E-state index in [1.807, 2.05) is 30.3 Å². The van der Waals surface area contributed by atoms with Gasteiger partial charge in [-0.1, -0.05) is 91.9 Å². The van der Waals surface area contributed by atoms with E-state index in [2.05, 4.69) is 91.9 Å². The van der Waals surface area contributed by atoms with Crippen molar-refractivity contribution < 1.29 is 18.9 Å². The summed E-state index contributed by atoms with van der Waals surface area (Å²) >= 11 is 0. The molecule has 4 heteroatoms. The predicted molar refractivity (Wildman–Crippen MR) is 163 cm³/mol. The second kappa shape index (κ2) is 11.5. The van der Waals surface area contributed by atoms with Crippen molar-refractivity contribution in [3.63, 3.8) is 0 Å². The Morgan fingerprint density at radius 3 is 1.83 bits per heavy atom. The van der Waals surface area contributed by atoms with Crippen LogP contribution < -0.4 is 14.2 Å². The minimum absolute atomic E-state index is 0.380. The fourth-order valence-electron chi connectivity index (χ4n) is 5.67. The quantitative estimate of drug-likeness (QED) is 0.176. The summed E-state index contributed by atoms with van der Waals surface area (Å²) in [5, 5.41) is 0. The van der Waals surface area contributed by atoms with Crippen molar-refractivity contribution in [1.82, 2.24) is 0 Å². The standard InChI is InChI=1S/C37H34O4/c1-4-26-10-20-34-28(22-26)25-40-36-23-27(11-21-35(34)36)24-41-37(29-8-6-5-7-9-29,30-12-16-32(38-2)17-13-30)31-14-18-33(39-3)19-15-31/h5-23H,4,24-25H2,1-3H3. The van der Waals surface area contributed by atoms with Crippen molar-refractivity contribution in [2.24, 2.45) is 0 Å². The molecular weight excluding hydrogens is 508 g/mol. The molecule has 5 aromatic rings. The van der Waals surface area contributed by atoms with Crippen molar-refractivity contribution in [1.29, 1.82) is 0 Å². The second-order valence-corrected chi connectivity index (χ2v) is 10.3. The van der Waals surface area contributed by atoms with Crippen molar-refractivity contribution in [2.45, 2.75) is 32.2 Å². The Labute approximate surface area is 242 Å². The van der Waals surface area contributed by atoms with Gasteiger partial charge in [0.15, 0.2) is 0 Å². The fraction of sp³-hybridized carbons (Fsp3) is 0.189. The third kappa shape index (κ3) is 5.07. The maximum absolute atomic E-state index is 7.07. The number of benzene rings is 5. The minimum Gasteiger partial charge on any atom is -0.497 e. The average Bonchev–Trinajstić information content (AvgIpc) is 3.05.